The van der Waals surface area contributed by atoms with Gasteiger partial charge in [0.15, 0.2) is 0 Å². The molecule has 18 heavy (non-hydrogen) atoms. The molecule has 2 fully saturated rings. The van der Waals surface area contributed by atoms with E-state index >= 15 is 0 Å². The Morgan fingerprint density at radius 1 is 1.22 bits per heavy atom. The zero-order chi connectivity index (χ0) is 12.8. The van der Waals surface area contributed by atoms with Crippen molar-refractivity contribution >= 4 is 0 Å². The molecule has 2 atom stereocenters. The first-order valence-electron chi connectivity index (χ1n) is 8.06. The third-order valence-corrected chi connectivity index (χ3v) is 4.89. The van der Waals surface area contributed by atoms with Gasteiger partial charge in [-0.1, -0.05) is 32.6 Å². The molecule has 2 rings (SSSR count). The van der Waals surface area contributed by atoms with Crippen molar-refractivity contribution in [1.29, 1.82) is 0 Å². The molecule has 1 saturated carbocycles. The van der Waals surface area contributed by atoms with Crippen LogP contribution in [-0.4, -0.2) is 23.4 Å². The van der Waals surface area contributed by atoms with Gasteiger partial charge in [0.2, 0.25) is 0 Å². The van der Waals surface area contributed by atoms with Crippen LogP contribution in [0.2, 0.25) is 0 Å². The van der Waals surface area contributed by atoms with E-state index in [0.29, 0.717) is 0 Å². The minimum Gasteiger partial charge on any atom is -0.393 e. The summed E-state index contributed by atoms with van der Waals surface area (Å²) in [6, 6.07) is 0. The van der Waals surface area contributed by atoms with Gasteiger partial charge in [-0.3, -0.25) is 0 Å². The van der Waals surface area contributed by atoms with Crippen molar-refractivity contribution in [3.05, 3.63) is 0 Å². The summed E-state index contributed by atoms with van der Waals surface area (Å²) >= 11 is 0. The minimum absolute atomic E-state index is 0.0693. The third kappa shape index (κ3) is 3.96. The Hall–Kier alpha value is -0.0800. The lowest BCUT2D eigenvalue weighted by Gasteiger charge is -2.43. The fraction of sp³-hybridized carbons (Fsp3) is 1.00. The Labute approximate surface area is 112 Å². The average Bonchev–Trinajstić information content (AvgIpc) is 2.38. The van der Waals surface area contributed by atoms with Crippen molar-refractivity contribution in [2.24, 2.45) is 5.92 Å². The van der Waals surface area contributed by atoms with E-state index in [4.69, 9.17) is 4.74 Å². The van der Waals surface area contributed by atoms with E-state index in [1.54, 1.807) is 0 Å². The van der Waals surface area contributed by atoms with E-state index in [0.717, 1.165) is 31.8 Å². The summed E-state index contributed by atoms with van der Waals surface area (Å²) in [4.78, 5) is 0. The smallest absolute Gasteiger partial charge is 0.0685 e. The Kier molecular flexibility index (Phi) is 5.50. The Bertz CT molecular complexity index is 228. The highest BCUT2D eigenvalue weighted by atomic mass is 16.5. The lowest BCUT2D eigenvalue weighted by atomic mass is 9.75. The second kappa shape index (κ2) is 6.91. The molecule has 0 radical (unpaired) electrons. The van der Waals surface area contributed by atoms with Crippen molar-refractivity contribution in [2.75, 3.05) is 6.61 Å². The lowest BCUT2D eigenvalue weighted by molar-refractivity contribution is -0.119. The fourth-order valence-corrected chi connectivity index (χ4v) is 3.83. The standard InChI is InChI=1S/C16H30O2/c1-2-6-15(17)8-7-14-9-12-18-16(13-14)10-4-3-5-11-16/h14-15,17H,2-13H2,1H3. The SMILES string of the molecule is CCCC(O)CCC1CCOC2(CCCCC2)C1. The monoisotopic (exact) mass is 254 g/mol. The first kappa shape index (κ1) is 14.3. The van der Waals surface area contributed by atoms with Gasteiger partial charge in [0, 0.05) is 6.61 Å². The van der Waals surface area contributed by atoms with Crippen LogP contribution < -0.4 is 0 Å². The van der Waals surface area contributed by atoms with E-state index in [2.05, 4.69) is 6.92 Å². The summed E-state index contributed by atoms with van der Waals surface area (Å²) < 4.78 is 6.13. The van der Waals surface area contributed by atoms with Crippen LogP contribution >= 0.6 is 0 Å². The molecule has 2 aliphatic rings. The lowest BCUT2D eigenvalue weighted by Crippen LogP contribution is -2.41. The molecule has 0 aromatic rings. The molecular formula is C16H30O2. The fourth-order valence-electron chi connectivity index (χ4n) is 3.83. The largest absolute Gasteiger partial charge is 0.393 e. The van der Waals surface area contributed by atoms with E-state index in [9.17, 15) is 5.11 Å². The predicted octanol–water partition coefficient (Wildman–Crippen LogP) is 4.06. The van der Waals surface area contributed by atoms with Crippen LogP contribution in [0.5, 0.6) is 0 Å². The molecule has 1 N–H and O–H groups in total. The molecule has 1 aliphatic heterocycles. The number of ether oxygens (including phenoxy) is 1. The van der Waals surface area contributed by atoms with Crippen LogP contribution in [-0.2, 0) is 4.74 Å². The third-order valence-electron chi connectivity index (χ3n) is 4.89. The molecule has 106 valence electrons. The van der Waals surface area contributed by atoms with Crippen LogP contribution in [0.3, 0.4) is 0 Å². The number of aliphatic hydroxyl groups is 1. The normalized spacial score (nSPS) is 29.3. The summed E-state index contributed by atoms with van der Waals surface area (Å²) in [7, 11) is 0. The van der Waals surface area contributed by atoms with Crippen molar-refractivity contribution in [3.8, 4) is 0 Å². The molecule has 0 amide bonds. The number of hydrogen-bond acceptors (Lipinski definition) is 2. The van der Waals surface area contributed by atoms with Gasteiger partial charge in [0.1, 0.15) is 0 Å². The summed E-state index contributed by atoms with van der Waals surface area (Å²) in [5.74, 6) is 0.795. The van der Waals surface area contributed by atoms with Crippen molar-refractivity contribution in [1.82, 2.24) is 0 Å². The summed E-state index contributed by atoms with van der Waals surface area (Å²) in [6.07, 6.45) is 13.3. The van der Waals surface area contributed by atoms with Gasteiger partial charge in [-0.05, 0) is 50.9 Å². The molecule has 1 heterocycles. The number of aliphatic hydroxyl groups excluding tert-OH is 1. The maximum absolute atomic E-state index is 9.85. The molecule has 2 nitrogen and oxygen atoms in total. The van der Waals surface area contributed by atoms with E-state index in [1.807, 2.05) is 0 Å². The highest BCUT2D eigenvalue weighted by Gasteiger charge is 2.38. The Morgan fingerprint density at radius 2 is 2.00 bits per heavy atom. The number of rotatable bonds is 5. The van der Waals surface area contributed by atoms with Crippen LogP contribution in [0.4, 0.5) is 0 Å². The van der Waals surface area contributed by atoms with E-state index in [1.165, 1.54) is 51.4 Å². The number of hydrogen-bond donors (Lipinski definition) is 1. The first-order chi connectivity index (χ1) is 8.74. The molecule has 2 unspecified atom stereocenters. The van der Waals surface area contributed by atoms with Gasteiger partial charge in [-0.25, -0.2) is 0 Å². The predicted molar refractivity (Wildman–Crippen MR) is 74.6 cm³/mol. The molecule has 0 bridgehead atoms. The second-order valence-corrected chi connectivity index (χ2v) is 6.47. The van der Waals surface area contributed by atoms with Gasteiger partial charge in [-0.15, -0.1) is 0 Å². The van der Waals surface area contributed by atoms with Gasteiger partial charge in [0.05, 0.1) is 11.7 Å². The van der Waals surface area contributed by atoms with E-state index < -0.39 is 0 Å². The zero-order valence-electron chi connectivity index (χ0n) is 12.0. The average molecular weight is 254 g/mol. The Balaban J connectivity index is 1.76. The summed E-state index contributed by atoms with van der Waals surface area (Å²) in [6.45, 7) is 3.10. The molecule has 1 saturated heterocycles. The minimum atomic E-state index is -0.0693. The first-order valence-corrected chi connectivity index (χ1v) is 8.06. The molecule has 2 heteroatoms. The van der Waals surface area contributed by atoms with Crippen molar-refractivity contribution in [3.63, 3.8) is 0 Å². The second-order valence-electron chi connectivity index (χ2n) is 6.47. The molecule has 1 aliphatic carbocycles. The van der Waals surface area contributed by atoms with Gasteiger partial charge in [0.25, 0.3) is 0 Å². The zero-order valence-corrected chi connectivity index (χ0v) is 12.0. The van der Waals surface area contributed by atoms with E-state index in [-0.39, 0.29) is 11.7 Å². The van der Waals surface area contributed by atoms with Crippen molar-refractivity contribution < 1.29 is 9.84 Å². The summed E-state index contributed by atoms with van der Waals surface area (Å²) in [5, 5.41) is 9.85. The van der Waals surface area contributed by atoms with Crippen LogP contribution in [0, 0.1) is 5.92 Å². The summed E-state index contributed by atoms with van der Waals surface area (Å²) in [5.41, 5.74) is 0.233. The highest BCUT2D eigenvalue weighted by Crippen LogP contribution is 2.41. The van der Waals surface area contributed by atoms with Gasteiger partial charge < -0.3 is 9.84 Å². The topological polar surface area (TPSA) is 29.5 Å². The van der Waals surface area contributed by atoms with Crippen molar-refractivity contribution in [2.45, 2.75) is 89.3 Å². The van der Waals surface area contributed by atoms with Crippen LogP contribution in [0.1, 0.15) is 77.6 Å². The van der Waals surface area contributed by atoms with Crippen LogP contribution in [0.15, 0.2) is 0 Å². The molecule has 0 aromatic carbocycles. The molecule has 1 spiro atoms. The maximum Gasteiger partial charge on any atom is 0.0685 e. The highest BCUT2D eigenvalue weighted by molar-refractivity contribution is 4.89. The van der Waals surface area contributed by atoms with Gasteiger partial charge in [-0.2, -0.15) is 0 Å². The van der Waals surface area contributed by atoms with Crippen LogP contribution in [0.25, 0.3) is 0 Å². The maximum atomic E-state index is 9.85. The Morgan fingerprint density at radius 3 is 2.72 bits per heavy atom. The molecular weight excluding hydrogens is 224 g/mol. The quantitative estimate of drug-likeness (QED) is 0.802. The van der Waals surface area contributed by atoms with Gasteiger partial charge >= 0.3 is 0 Å². The molecule has 0 aromatic heterocycles.